The van der Waals surface area contributed by atoms with Gasteiger partial charge in [0.15, 0.2) is 0 Å². The number of hydrogen-bond donors (Lipinski definition) is 0. The van der Waals surface area contributed by atoms with Gasteiger partial charge in [0.2, 0.25) is 0 Å². The molecule has 0 atom stereocenters. The van der Waals surface area contributed by atoms with Crippen LogP contribution in [0.4, 0.5) is 0 Å². The van der Waals surface area contributed by atoms with Gasteiger partial charge >= 0.3 is 40.4 Å². The summed E-state index contributed by atoms with van der Waals surface area (Å²) in [4.78, 5) is 28.8. The molecule has 0 saturated heterocycles. The summed E-state index contributed by atoms with van der Waals surface area (Å²) in [6.45, 7) is 9.64. The van der Waals surface area contributed by atoms with Crippen LogP contribution in [0.25, 0.3) is 0 Å². The molecule has 0 rings (SSSR count). The van der Waals surface area contributed by atoms with Crippen molar-refractivity contribution < 1.29 is 28.4 Å². The first-order chi connectivity index (χ1) is 8.04. The fraction of sp³-hybridized carbons (Fsp3) is 0.545. The van der Waals surface area contributed by atoms with Gasteiger partial charge in [-0.1, -0.05) is 6.58 Å². The topological polar surface area (TPSA) is 107 Å². The maximum atomic E-state index is 9.83. The Labute approximate surface area is 115 Å². The molecule has 6 nitrogen and oxygen atoms in total. The third-order valence-electron chi connectivity index (χ3n) is 1.01. The van der Waals surface area contributed by atoms with Crippen LogP contribution in [-0.4, -0.2) is 40.4 Å². The Morgan fingerprint density at radius 3 is 1.50 bits per heavy atom. The Balaban J connectivity index is -0.000000190. The third-order valence-corrected chi connectivity index (χ3v) is 1.56. The van der Waals surface area contributed by atoms with Crippen LogP contribution < -0.4 is 10.2 Å². The average molecular weight is 272 g/mol. The fourth-order valence-electron chi connectivity index (χ4n) is 0.203. The zero-order chi connectivity index (χ0) is 15.3. The number of rotatable bonds is 4. The summed E-state index contributed by atoms with van der Waals surface area (Å²) < 4.78 is 4.67. The fourth-order valence-corrected chi connectivity index (χ4v) is 0.203. The third kappa shape index (κ3) is 36.4. The van der Waals surface area contributed by atoms with Gasteiger partial charge in [-0.2, -0.15) is 0 Å². The van der Waals surface area contributed by atoms with E-state index in [0.29, 0.717) is 6.10 Å². The number of hydrogen-bond acceptors (Lipinski definition) is 6. The zero-order valence-corrected chi connectivity index (χ0v) is 12.2. The first-order valence-electron chi connectivity index (χ1n) is 4.96. The summed E-state index contributed by atoms with van der Waals surface area (Å²) in [7, 11) is 0. The van der Waals surface area contributed by atoms with E-state index in [4.69, 9.17) is 0 Å². The predicted molar refractivity (Wildman–Crippen MR) is 62.1 cm³/mol. The second-order valence-electron chi connectivity index (χ2n) is 3.50. The van der Waals surface area contributed by atoms with Gasteiger partial charge in [0, 0.05) is 12.4 Å². The summed E-state index contributed by atoms with van der Waals surface area (Å²) in [5.74, 6) is -2.87. The van der Waals surface area contributed by atoms with Crippen molar-refractivity contribution in [2.24, 2.45) is 0 Å². The maximum absolute atomic E-state index is 9.83. The van der Waals surface area contributed by atoms with Crippen LogP contribution in [-0.2, 0) is 18.2 Å². The van der Waals surface area contributed by atoms with E-state index in [1.54, 1.807) is 0 Å². The number of carbonyl (C=O) groups excluding carboxylic acids is 3. The van der Waals surface area contributed by atoms with Crippen molar-refractivity contribution in [3.05, 3.63) is 12.2 Å². The molecule has 0 aromatic heterocycles. The SMILES string of the molecule is C=C(C)C(=O)[O-].CC(=O)CC(=O)[O-].CC(C)[O][Al+2]. The van der Waals surface area contributed by atoms with E-state index in [0.717, 1.165) is 0 Å². The molecule has 18 heavy (non-hydrogen) atoms. The molecule has 0 aliphatic rings. The molecule has 0 aromatic rings. The van der Waals surface area contributed by atoms with E-state index >= 15 is 0 Å². The molecule has 0 aliphatic carbocycles. The standard InChI is InChI=1S/C4H6O3.C4H6O2.C3H7O.Al/c1-3(5)2-4(6)7;1-3(2)4(5)6;1-3(2)4;/h2H2,1H3,(H,6,7);1H2,2H3,(H,5,6);3H,1-2H3;/q;;-1;+3/p-2. The minimum atomic E-state index is -1.31. The van der Waals surface area contributed by atoms with Gasteiger partial charge in [0.05, 0.1) is 5.97 Å². The Morgan fingerprint density at radius 2 is 1.50 bits per heavy atom. The second-order valence-corrected chi connectivity index (χ2v) is 3.78. The number of carbonyl (C=O) groups is 3. The molecule has 7 heteroatoms. The summed E-state index contributed by atoms with van der Waals surface area (Å²) in [6.07, 6.45) is -0.125. The second kappa shape index (κ2) is 13.9. The molecule has 0 spiro atoms. The van der Waals surface area contributed by atoms with Gasteiger partial charge in [-0.25, -0.2) is 0 Å². The molecule has 0 saturated carbocycles. The van der Waals surface area contributed by atoms with Crippen LogP contribution in [0.2, 0.25) is 0 Å². The van der Waals surface area contributed by atoms with E-state index < -0.39 is 18.4 Å². The molecule has 0 heterocycles. The summed E-state index contributed by atoms with van der Waals surface area (Å²) in [5.41, 5.74) is 0.0648. The van der Waals surface area contributed by atoms with Crippen molar-refractivity contribution in [1.29, 1.82) is 0 Å². The van der Waals surface area contributed by atoms with Crippen molar-refractivity contribution in [2.75, 3.05) is 0 Å². The van der Waals surface area contributed by atoms with E-state index in [-0.39, 0.29) is 11.4 Å². The average Bonchev–Trinajstić information content (AvgIpc) is 2.17. The van der Waals surface area contributed by atoms with Crippen LogP contribution >= 0.6 is 0 Å². The first-order valence-corrected chi connectivity index (χ1v) is 5.43. The molecule has 0 amide bonds. The van der Waals surface area contributed by atoms with E-state index in [9.17, 15) is 24.6 Å². The van der Waals surface area contributed by atoms with Gasteiger partial charge in [-0.05, 0) is 19.4 Å². The van der Waals surface area contributed by atoms with Crippen LogP contribution in [0.15, 0.2) is 12.2 Å². The Morgan fingerprint density at radius 1 is 1.22 bits per heavy atom. The molecule has 0 fully saturated rings. The van der Waals surface area contributed by atoms with Crippen molar-refractivity contribution in [2.45, 2.75) is 40.2 Å². The Kier molecular flexibility index (Phi) is 17.0. The van der Waals surface area contributed by atoms with Crippen molar-refractivity contribution in [3.63, 3.8) is 0 Å². The molecule has 0 N–H and O–H groups in total. The van der Waals surface area contributed by atoms with E-state index in [1.807, 2.05) is 13.8 Å². The number of carboxylic acids is 2. The van der Waals surface area contributed by atoms with E-state index in [1.165, 1.54) is 13.8 Å². The van der Waals surface area contributed by atoms with Gasteiger partial charge in [0.1, 0.15) is 5.78 Å². The zero-order valence-electron chi connectivity index (χ0n) is 11.0. The predicted octanol–water partition coefficient (Wildman–Crippen LogP) is -1.48. The van der Waals surface area contributed by atoms with Crippen LogP contribution in [0, 0.1) is 0 Å². The number of aliphatic carboxylic acids is 2. The molecule has 0 unspecified atom stereocenters. The Bertz CT molecular complexity index is 261. The number of ketones is 1. The molecule has 0 radical (unpaired) electrons. The molecule has 100 valence electrons. The van der Waals surface area contributed by atoms with Crippen LogP contribution in [0.1, 0.15) is 34.1 Å². The van der Waals surface area contributed by atoms with Gasteiger partial charge in [0.25, 0.3) is 0 Å². The molecule has 0 aromatic carbocycles. The Hall–Kier alpha value is -1.16. The van der Waals surface area contributed by atoms with Gasteiger partial charge in [-0.15, -0.1) is 0 Å². The van der Waals surface area contributed by atoms with Crippen molar-refractivity contribution in [3.8, 4) is 0 Å². The summed E-state index contributed by atoms with van der Waals surface area (Å²) in [5, 5.41) is 19.0. The minimum absolute atomic E-state index is 0.0648. The van der Waals surface area contributed by atoms with E-state index in [2.05, 4.69) is 27.0 Å². The summed E-state index contributed by atoms with van der Waals surface area (Å²) >= 11 is 2.19. The van der Waals surface area contributed by atoms with Crippen molar-refractivity contribution >= 4 is 34.3 Å². The summed E-state index contributed by atoms with van der Waals surface area (Å²) in [6, 6.07) is 0. The monoisotopic (exact) mass is 272 g/mol. The molecule has 0 aliphatic heterocycles. The molecule has 0 bridgehead atoms. The molecular formula is C11H17AlO6. The van der Waals surface area contributed by atoms with Gasteiger partial charge < -0.3 is 19.8 Å². The first kappa shape index (κ1) is 22.1. The van der Waals surface area contributed by atoms with Crippen molar-refractivity contribution in [1.82, 2.24) is 0 Å². The normalized spacial score (nSPS) is 8.39. The van der Waals surface area contributed by atoms with Gasteiger partial charge in [-0.3, -0.25) is 4.79 Å². The quantitative estimate of drug-likeness (QED) is 0.351. The number of carboxylic acid groups (broad SMARTS) is 2. The van der Waals surface area contributed by atoms with Crippen LogP contribution in [0.5, 0.6) is 0 Å². The van der Waals surface area contributed by atoms with Crippen LogP contribution in [0.3, 0.4) is 0 Å². The number of Topliss-reactive ketones (excluding diaryl/α,β-unsaturated/α-hetero) is 1. The molecular weight excluding hydrogens is 255 g/mol.